The summed E-state index contributed by atoms with van der Waals surface area (Å²) >= 11 is 0. The number of hydrogen-bond acceptors (Lipinski definition) is 4. The van der Waals surface area contributed by atoms with Crippen molar-refractivity contribution in [1.82, 2.24) is 5.32 Å². The first-order chi connectivity index (χ1) is 13.7. The van der Waals surface area contributed by atoms with Crippen LogP contribution in [0.1, 0.15) is 35.9 Å². The largest absolute Gasteiger partial charge is 0.463 e. The quantitative estimate of drug-likeness (QED) is 0.661. The van der Waals surface area contributed by atoms with Crippen molar-refractivity contribution in [2.45, 2.75) is 19.0 Å². The van der Waals surface area contributed by atoms with Crippen molar-refractivity contribution < 1.29 is 24.0 Å². The highest BCUT2D eigenvalue weighted by atomic mass is 16.7. The number of quaternary nitrogens is 1. The molecular formula is C22H23N2O4+. The molecule has 144 valence electrons. The van der Waals surface area contributed by atoms with Gasteiger partial charge in [-0.1, -0.05) is 36.4 Å². The molecule has 0 fully saturated rings. The predicted octanol–water partition coefficient (Wildman–Crippen LogP) is 2.54. The molecule has 2 atom stereocenters. The molecule has 2 heterocycles. The lowest BCUT2D eigenvalue weighted by atomic mass is 10.0. The molecule has 28 heavy (non-hydrogen) atoms. The Morgan fingerprint density at radius 1 is 1.04 bits per heavy atom. The van der Waals surface area contributed by atoms with E-state index in [-0.39, 0.29) is 31.3 Å². The van der Waals surface area contributed by atoms with E-state index < -0.39 is 0 Å². The number of amides is 1. The molecular weight excluding hydrogens is 356 g/mol. The van der Waals surface area contributed by atoms with Gasteiger partial charge in [0.2, 0.25) is 6.79 Å². The van der Waals surface area contributed by atoms with E-state index in [9.17, 15) is 4.79 Å². The van der Waals surface area contributed by atoms with Gasteiger partial charge in [0.15, 0.2) is 29.8 Å². The monoisotopic (exact) mass is 379 g/mol. The first-order valence-electron chi connectivity index (χ1n) is 9.31. The molecule has 0 spiro atoms. The maximum absolute atomic E-state index is 12.5. The molecule has 0 aliphatic carbocycles. The highest BCUT2D eigenvalue weighted by Crippen LogP contribution is 2.34. The van der Waals surface area contributed by atoms with E-state index in [1.54, 1.807) is 6.26 Å². The average molecular weight is 379 g/mol. The Bertz CT molecular complexity index is 925. The second-order valence-electron chi connectivity index (χ2n) is 6.75. The fourth-order valence-electron chi connectivity index (χ4n) is 3.34. The first kappa shape index (κ1) is 18.1. The number of benzene rings is 2. The maximum atomic E-state index is 12.5. The van der Waals surface area contributed by atoms with Crippen molar-refractivity contribution in [2.24, 2.45) is 0 Å². The van der Waals surface area contributed by atoms with Crippen LogP contribution in [0.3, 0.4) is 0 Å². The Balaban J connectivity index is 1.38. The molecule has 0 bridgehead atoms. The van der Waals surface area contributed by atoms with Crippen LogP contribution in [-0.2, 0) is 4.79 Å². The second-order valence-corrected chi connectivity index (χ2v) is 6.75. The number of rotatable bonds is 7. The van der Waals surface area contributed by atoms with Gasteiger partial charge in [-0.15, -0.1) is 0 Å². The summed E-state index contributed by atoms with van der Waals surface area (Å²) in [6.45, 7) is 2.48. The van der Waals surface area contributed by atoms with Gasteiger partial charge in [-0.3, -0.25) is 4.79 Å². The minimum absolute atomic E-state index is 0.0438. The molecule has 6 heteroatoms. The van der Waals surface area contributed by atoms with E-state index >= 15 is 0 Å². The van der Waals surface area contributed by atoms with E-state index in [1.807, 2.05) is 72.9 Å². The van der Waals surface area contributed by atoms with E-state index in [0.29, 0.717) is 5.75 Å². The van der Waals surface area contributed by atoms with Crippen LogP contribution in [0.4, 0.5) is 0 Å². The van der Waals surface area contributed by atoms with Crippen LogP contribution in [0.15, 0.2) is 71.3 Å². The van der Waals surface area contributed by atoms with Crippen molar-refractivity contribution in [3.8, 4) is 11.5 Å². The number of carbonyl (C=O) groups excluding carboxylic acids is 1. The van der Waals surface area contributed by atoms with E-state index in [1.165, 1.54) is 0 Å². The van der Waals surface area contributed by atoms with E-state index in [0.717, 1.165) is 22.6 Å². The lowest BCUT2D eigenvalue weighted by Gasteiger charge is -2.17. The van der Waals surface area contributed by atoms with Crippen molar-refractivity contribution in [3.05, 3.63) is 83.8 Å². The molecule has 3 N–H and O–H groups in total. The van der Waals surface area contributed by atoms with Crippen LogP contribution in [0.5, 0.6) is 11.5 Å². The van der Waals surface area contributed by atoms with Crippen LogP contribution in [0.25, 0.3) is 0 Å². The molecule has 6 nitrogen and oxygen atoms in total. The van der Waals surface area contributed by atoms with Crippen LogP contribution in [0.2, 0.25) is 0 Å². The van der Waals surface area contributed by atoms with Gasteiger partial charge >= 0.3 is 0 Å². The summed E-state index contributed by atoms with van der Waals surface area (Å²) < 4.78 is 16.3. The normalized spacial score (nSPS) is 14.5. The fraction of sp³-hybridized carbons (Fsp3) is 0.227. The number of fused-ring (bicyclic) bond motifs is 1. The zero-order valence-electron chi connectivity index (χ0n) is 15.6. The van der Waals surface area contributed by atoms with Crippen LogP contribution in [-0.4, -0.2) is 19.2 Å². The Morgan fingerprint density at radius 2 is 1.86 bits per heavy atom. The Kier molecular flexibility index (Phi) is 5.30. The summed E-state index contributed by atoms with van der Waals surface area (Å²) in [6, 6.07) is 19.3. The molecule has 1 aliphatic rings. The average Bonchev–Trinajstić information content (AvgIpc) is 3.40. The zero-order valence-corrected chi connectivity index (χ0v) is 15.6. The highest BCUT2D eigenvalue weighted by Gasteiger charge is 2.22. The highest BCUT2D eigenvalue weighted by molar-refractivity contribution is 5.77. The molecule has 1 amide bonds. The number of furan rings is 1. The zero-order chi connectivity index (χ0) is 19.3. The predicted molar refractivity (Wildman–Crippen MR) is 103 cm³/mol. The minimum atomic E-state index is -0.130. The summed E-state index contributed by atoms with van der Waals surface area (Å²) in [4.78, 5) is 12.5. The molecule has 4 rings (SSSR count). The number of carbonyl (C=O) groups is 1. The smallest absolute Gasteiger partial charge is 0.275 e. The summed E-state index contributed by atoms with van der Waals surface area (Å²) in [6.07, 6.45) is 1.65. The Hall–Kier alpha value is -3.25. The standard InChI is InChI=1S/C22H22N2O4/c1-15(17-9-10-18-20(12-17)28-14-27-18)24-21(25)13-23-22(19-8-5-11-26-19)16-6-3-2-4-7-16/h2-12,15,22-23H,13-14H2,1H3,(H,24,25)/p+1/t15-,22+/m1/s1. The molecule has 3 aromatic rings. The molecule has 2 aromatic carbocycles. The summed E-state index contributed by atoms with van der Waals surface area (Å²) in [5.74, 6) is 2.23. The van der Waals surface area contributed by atoms with Crippen LogP contribution >= 0.6 is 0 Å². The van der Waals surface area contributed by atoms with Gasteiger partial charge in [-0.25, -0.2) is 0 Å². The maximum Gasteiger partial charge on any atom is 0.275 e. The molecule has 0 unspecified atom stereocenters. The third kappa shape index (κ3) is 4.02. The van der Waals surface area contributed by atoms with Crippen molar-refractivity contribution in [2.75, 3.05) is 13.3 Å². The van der Waals surface area contributed by atoms with Crippen molar-refractivity contribution in [1.29, 1.82) is 0 Å². The summed E-state index contributed by atoms with van der Waals surface area (Å²) in [5.41, 5.74) is 2.07. The van der Waals surface area contributed by atoms with Gasteiger partial charge in [0.25, 0.3) is 5.91 Å². The number of nitrogens with two attached hydrogens (primary N) is 1. The number of ether oxygens (including phenoxy) is 2. The van der Waals surface area contributed by atoms with Gasteiger partial charge < -0.3 is 24.5 Å². The summed E-state index contributed by atoms with van der Waals surface area (Å²) in [7, 11) is 0. The molecule has 0 saturated carbocycles. The van der Waals surface area contributed by atoms with Gasteiger partial charge in [0.05, 0.1) is 12.3 Å². The molecule has 0 radical (unpaired) electrons. The van der Waals surface area contributed by atoms with E-state index in [2.05, 4.69) is 5.32 Å². The molecule has 1 aromatic heterocycles. The van der Waals surface area contributed by atoms with E-state index in [4.69, 9.17) is 13.9 Å². The van der Waals surface area contributed by atoms with Gasteiger partial charge in [0, 0.05) is 5.56 Å². The first-order valence-corrected chi connectivity index (χ1v) is 9.31. The third-order valence-electron chi connectivity index (χ3n) is 4.82. The minimum Gasteiger partial charge on any atom is -0.463 e. The number of nitrogens with one attached hydrogen (secondary N) is 1. The van der Waals surface area contributed by atoms with Gasteiger partial charge in [-0.05, 0) is 36.8 Å². The Labute approximate surface area is 163 Å². The van der Waals surface area contributed by atoms with Crippen molar-refractivity contribution >= 4 is 5.91 Å². The summed E-state index contributed by atoms with van der Waals surface area (Å²) in [5, 5.41) is 5.02. The molecule has 0 saturated heterocycles. The SMILES string of the molecule is C[C@@H](NC(=O)C[NH2+][C@@H](c1ccccc1)c1ccco1)c1ccc2c(c1)OCO2. The Morgan fingerprint density at radius 3 is 2.64 bits per heavy atom. The van der Waals surface area contributed by atoms with Crippen molar-refractivity contribution in [3.63, 3.8) is 0 Å². The number of hydrogen-bond donors (Lipinski definition) is 2. The third-order valence-corrected chi connectivity index (χ3v) is 4.82. The lowest BCUT2D eigenvalue weighted by molar-refractivity contribution is -0.678. The van der Waals surface area contributed by atoms with Crippen LogP contribution in [0, 0.1) is 0 Å². The molecule has 1 aliphatic heterocycles. The van der Waals surface area contributed by atoms with Gasteiger partial charge in [-0.2, -0.15) is 0 Å². The lowest BCUT2D eigenvalue weighted by Crippen LogP contribution is -2.87. The fourth-order valence-corrected chi connectivity index (χ4v) is 3.34. The topological polar surface area (TPSA) is 77.3 Å². The second kappa shape index (κ2) is 8.19. The van der Waals surface area contributed by atoms with Gasteiger partial charge in [0.1, 0.15) is 0 Å². The van der Waals surface area contributed by atoms with Crippen LogP contribution < -0.4 is 20.1 Å².